The summed E-state index contributed by atoms with van der Waals surface area (Å²) in [6, 6.07) is 3.77. The van der Waals surface area contributed by atoms with E-state index in [0.717, 1.165) is 12.0 Å². The second kappa shape index (κ2) is 5.25. The molecule has 0 aliphatic carbocycles. The average molecular weight is 190 g/mol. The van der Waals surface area contributed by atoms with E-state index >= 15 is 0 Å². The highest BCUT2D eigenvalue weighted by Gasteiger charge is 2.02. The molecule has 0 amide bonds. The third-order valence-electron chi connectivity index (χ3n) is 1.88. The van der Waals surface area contributed by atoms with Crippen LogP contribution in [0.15, 0.2) is 18.3 Å². The van der Waals surface area contributed by atoms with Gasteiger partial charge in [0.05, 0.1) is 7.11 Å². The van der Waals surface area contributed by atoms with E-state index in [-0.39, 0.29) is 6.04 Å². The molecule has 0 radical (unpaired) electrons. The van der Waals surface area contributed by atoms with E-state index in [9.17, 15) is 0 Å². The number of aromatic nitrogens is 1. The van der Waals surface area contributed by atoms with Gasteiger partial charge in [-0.1, -0.05) is 6.07 Å². The maximum Gasteiger partial charge on any atom is 0.212 e. The first-order valence-electron chi connectivity index (χ1n) is 4.44. The summed E-state index contributed by atoms with van der Waals surface area (Å²) >= 11 is 0. The van der Waals surface area contributed by atoms with Gasteiger partial charge >= 0.3 is 0 Å². The van der Waals surface area contributed by atoms with Gasteiger partial charge in [-0.3, -0.25) is 0 Å². The summed E-state index contributed by atoms with van der Waals surface area (Å²) in [5.41, 5.74) is 6.86. The highest BCUT2D eigenvalue weighted by atomic mass is 16.5. The fraction of sp³-hybridized carbons (Fsp3) is 0.364. The predicted octanol–water partition coefficient (Wildman–Crippen LogP) is 0.983. The number of ether oxygens (including phenoxy) is 1. The van der Waals surface area contributed by atoms with Crippen molar-refractivity contribution in [2.24, 2.45) is 5.73 Å². The summed E-state index contributed by atoms with van der Waals surface area (Å²) in [4.78, 5) is 4.08. The number of hydrogen-bond donors (Lipinski definition) is 1. The molecule has 1 unspecified atom stereocenters. The topological polar surface area (TPSA) is 48.1 Å². The number of rotatable bonds is 4. The maximum atomic E-state index is 5.79. The molecule has 1 atom stereocenters. The van der Waals surface area contributed by atoms with Gasteiger partial charge in [0.25, 0.3) is 0 Å². The fourth-order valence-electron chi connectivity index (χ4n) is 1.18. The third-order valence-corrected chi connectivity index (χ3v) is 1.88. The van der Waals surface area contributed by atoms with Crippen LogP contribution >= 0.6 is 0 Å². The molecule has 1 rings (SSSR count). The first kappa shape index (κ1) is 10.6. The number of pyridine rings is 1. The number of hydrogen-bond acceptors (Lipinski definition) is 3. The molecule has 3 heteroatoms. The summed E-state index contributed by atoms with van der Waals surface area (Å²) in [5.74, 6) is 3.15. The van der Waals surface area contributed by atoms with E-state index in [2.05, 4.69) is 10.9 Å². The SMILES string of the molecule is C#CCC(N)Cc1ccc(OC)nc1. The van der Waals surface area contributed by atoms with Gasteiger partial charge in [0.1, 0.15) is 0 Å². The zero-order valence-electron chi connectivity index (χ0n) is 8.23. The average Bonchev–Trinajstić information content (AvgIpc) is 2.19. The highest BCUT2D eigenvalue weighted by Crippen LogP contribution is 2.08. The van der Waals surface area contributed by atoms with E-state index in [0.29, 0.717) is 12.3 Å². The monoisotopic (exact) mass is 190 g/mol. The van der Waals surface area contributed by atoms with E-state index in [1.165, 1.54) is 0 Å². The molecule has 2 N–H and O–H groups in total. The smallest absolute Gasteiger partial charge is 0.212 e. The molecule has 74 valence electrons. The van der Waals surface area contributed by atoms with Gasteiger partial charge in [0.15, 0.2) is 0 Å². The highest BCUT2D eigenvalue weighted by molar-refractivity contribution is 5.18. The molecule has 1 heterocycles. The van der Waals surface area contributed by atoms with Gasteiger partial charge in [0, 0.05) is 24.7 Å². The number of methoxy groups -OCH3 is 1. The lowest BCUT2D eigenvalue weighted by atomic mass is 10.1. The van der Waals surface area contributed by atoms with Crippen LogP contribution in [0.25, 0.3) is 0 Å². The summed E-state index contributed by atoms with van der Waals surface area (Å²) in [5, 5.41) is 0. The Kier molecular flexibility index (Phi) is 3.96. The molecule has 3 nitrogen and oxygen atoms in total. The Morgan fingerprint density at radius 2 is 2.43 bits per heavy atom. The Hall–Kier alpha value is -1.53. The lowest BCUT2D eigenvalue weighted by Gasteiger charge is -2.07. The van der Waals surface area contributed by atoms with Gasteiger partial charge in [-0.2, -0.15) is 0 Å². The Bertz CT molecular complexity index is 313. The molecule has 0 fully saturated rings. The third kappa shape index (κ3) is 3.08. The Balaban J connectivity index is 2.56. The van der Waals surface area contributed by atoms with Crippen molar-refractivity contribution in [2.45, 2.75) is 18.9 Å². The number of nitrogens with two attached hydrogens (primary N) is 1. The minimum Gasteiger partial charge on any atom is -0.481 e. The normalized spacial score (nSPS) is 11.8. The lowest BCUT2D eigenvalue weighted by Crippen LogP contribution is -2.21. The largest absolute Gasteiger partial charge is 0.481 e. The molecule has 0 aliphatic heterocycles. The first-order chi connectivity index (χ1) is 6.76. The van der Waals surface area contributed by atoms with Crippen molar-refractivity contribution in [3.8, 4) is 18.2 Å². The van der Waals surface area contributed by atoms with Crippen molar-refractivity contribution >= 4 is 0 Å². The van der Waals surface area contributed by atoms with Gasteiger partial charge < -0.3 is 10.5 Å². The van der Waals surface area contributed by atoms with Gasteiger partial charge in [-0.25, -0.2) is 4.98 Å². The predicted molar refractivity (Wildman–Crippen MR) is 55.9 cm³/mol. The summed E-state index contributed by atoms with van der Waals surface area (Å²) in [6.45, 7) is 0. The van der Waals surface area contributed by atoms with Crippen LogP contribution in [0, 0.1) is 12.3 Å². The van der Waals surface area contributed by atoms with E-state index in [1.54, 1.807) is 13.3 Å². The minimum absolute atomic E-state index is 0.00944. The molecule has 1 aromatic heterocycles. The molecule has 0 bridgehead atoms. The van der Waals surface area contributed by atoms with Gasteiger partial charge in [-0.05, 0) is 12.0 Å². The van der Waals surface area contributed by atoms with Crippen LogP contribution in [0.1, 0.15) is 12.0 Å². The van der Waals surface area contributed by atoms with Crippen LogP contribution in [0.5, 0.6) is 5.88 Å². The van der Waals surface area contributed by atoms with E-state index < -0.39 is 0 Å². The molecule has 0 saturated heterocycles. The molecular weight excluding hydrogens is 176 g/mol. The fourth-order valence-corrected chi connectivity index (χ4v) is 1.18. The van der Waals surface area contributed by atoms with Crippen LogP contribution in [0.2, 0.25) is 0 Å². The van der Waals surface area contributed by atoms with Crippen LogP contribution in [-0.4, -0.2) is 18.1 Å². The van der Waals surface area contributed by atoms with Crippen molar-refractivity contribution in [1.82, 2.24) is 4.98 Å². The molecule has 0 saturated carbocycles. The van der Waals surface area contributed by atoms with Crippen molar-refractivity contribution in [1.29, 1.82) is 0 Å². The van der Waals surface area contributed by atoms with E-state index in [4.69, 9.17) is 16.9 Å². The Morgan fingerprint density at radius 1 is 1.64 bits per heavy atom. The number of terminal acetylenes is 1. The molecule has 14 heavy (non-hydrogen) atoms. The van der Waals surface area contributed by atoms with E-state index in [1.807, 2.05) is 12.1 Å². The second-order valence-corrected chi connectivity index (χ2v) is 3.08. The van der Waals surface area contributed by atoms with Gasteiger partial charge in [0.2, 0.25) is 5.88 Å². The van der Waals surface area contributed by atoms with Crippen molar-refractivity contribution < 1.29 is 4.74 Å². The van der Waals surface area contributed by atoms with Crippen molar-refractivity contribution in [3.63, 3.8) is 0 Å². The maximum absolute atomic E-state index is 5.79. The van der Waals surface area contributed by atoms with Crippen LogP contribution < -0.4 is 10.5 Å². The standard InChI is InChI=1S/C11H14N2O/c1-3-4-10(12)7-9-5-6-11(14-2)13-8-9/h1,5-6,8,10H,4,7,12H2,2H3. The zero-order valence-corrected chi connectivity index (χ0v) is 8.23. The minimum atomic E-state index is 0.00944. The van der Waals surface area contributed by atoms with Gasteiger partial charge in [-0.15, -0.1) is 12.3 Å². The Labute approximate surface area is 84.3 Å². The van der Waals surface area contributed by atoms with Crippen LogP contribution in [0.3, 0.4) is 0 Å². The van der Waals surface area contributed by atoms with Crippen molar-refractivity contribution in [2.75, 3.05) is 7.11 Å². The zero-order chi connectivity index (χ0) is 10.4. The summed E-state index contributed by atoms with van der Waals surface area (Å²) < 4.78 is 4.95. The second-order valence-electron chi connectivity index (χ2n) is 3.08. The van der Waals surface area contributed by atoms with Crippen molar-refractivity contribution in [3.05, 3.63) is 23.9 Å². The summed E-state index contributed by atoms with van der Waals surface area (Å²) in [7, 11) is 1.59. The molecule has 0 spiro atoms. The number of nitrogens with zero attached hydrogens (tertiary/aromatic N) is 1. The molecule has 1 aromatic rings. The van der Waals surface area contributed by atoms with Crippen LogP contribution in [0.4, 0.5) is 0 Å². The molecular formula is C11H14N2O. The van der Waals surface area contributed by atoms with Crippen LogP contribution in [-0.2, 0) is 6.42 Å². The Morgan fingerprint density at radius 3 is 2.93 bits per heavy atom. The molecule has 0 aromatic carbocycles. The summed E-state index contributed by atoms with van der Waals surface area (Å²) in [6.07, 6.45) is 8.26. The molecule has 0 aliphatic rings. The lowest BCUT2D eigenvalue weighted by molar-refractivity contribution is 0.397. The quantitative estimate of drug-likeness (QED) is 0.720. The first-order valence-corrected chi connectivity index (χ1v) is 4.44.